The van der Waals surface area contributed by atoms with Crippen LogP contribution in [0.4, 0.5) is 34.1 Å². The predicted molar refractivity (Wildman–Crippen MR) is 328 cm³/mol. The molecule has 79 heavy (non-hydrogen) atoms. The van der Waals surface area contributed by atoms with Gasteiger partial charge in [0.05, 0.1) is 22.8 Å². The van der Waals surface area contributed by atoms with E-state index in [1.165, 1.54) is 0 Å². The lowest BCUT2D eigenvalue weighted by atomic mass is 9.98. The number of amides is 2. The van der Waals surface area contributed by atoms with Gasteiger partial charge in [-0.1, -0.05) is 105 Å². The first-order valence-corrected chi connectivity index (χ1v) is 27.7. The van der Waals surface area contributed by atoms with Crippen LogP contribution in [0.25, 0.3) is 38.9 Å². The monoisotopic (exact) mass is 1050 g/mol. The summed E-state index contributed by atoms with van der Waals surface area (Å²) < 4.78 is 2.25. The van der Waals surface area contributed by atoms with Gasteiger partial charge in [0, 0.05) is 78.6 Å². The number of unbranched alkanes of at least 4 members (excludes halogenated alkanes) is 6. The van der Waals surface area contributed by atoms with E-state index in [-0.39, 0.29) is 11.8 Å². The first-order chi connectivity index (χ1) is 38.4. The highest BCUT2D eigenvalue weighted by molar-refractivity contribution is 6.14. The second-order valence-corrected chi connectivity index (χ2v) is 20.5. The van der Waals surface area contributed by atoms with E-state index < -0.39 is 0 Å². The van der Waals surface area contributed by atoms with Gasteiger partial charge in [-0.05, 0) is 153 Å². The molecule has 0 atom stereocenters. The number of carbonyl (C=O) groups is 2. The molecule has 0 aliphatic heterocycles. The minimum absolute atomic E-state index is 0.0779. The van der Waals surface area contributed by atoms with Crippen LogP contribution in [-0.4, -0.2) is 48.7 Å². The fourth-order valence-corrected chi connectivity index (χ4v) is 9.89. The van der Waals surface area contributed by atoms with Crippen molar-refractivity contribution in [3.8, 4) is 16.8 Å². The quantitative estimate of drug-likeness (QED) is 0.0143. The number of hydrogen-bond acceptors (Lipinski definition) is 9. The van der Waals surface area contributed by atoms with Gasteiger partial charge in [-0.25, -0.2) is 9.98 Å². The third kappa shape index (κ3) is 13.6. The molecule has 402 valence electrons. The van der Waals surface area contributed by atoms with E-state index >= 15 is 0 Å². The number of rotatable bonds is 23. The molecule has 1 aromatic heterocycles. The number of allylic oxidation sites excluding steroid dienone is 4. The summed E-state index contributed by atoms with van der Waals surface area (Å²) >= 11 is 0. The molecule has 8 aromatic rings. The molecular weight excluding hydrogens is 977 g/mol. The number of fused-ring (bicyclic) bond motifs is 2. The number of nitrogens with zero attached hydrogens (tertiary/aromatic N) is 3. The molecule has 9 N–H and O–H groups in total. The highest BCUT2D eigenvalue weighted by atomic mass is 16.2. The van der Waals surface area contributed by atoms with E-state index in [1.54, 1.807) is 0 Å². The van der Waals surface area contributed by atoms with Crippen LogP contribution in [0.2, 0.25) is 0 Å². The van der Waals surface area contributed by atoms with Crippen molar-refractivity contribution in [3.05, 3.63) is 209 Å². The summed E-state index contributed by atoms with van der Waals surface area (Å²) in [6, 6.07) is 48.1. The number of carbonyl (C=O) groups excluding carboxylic acids is 2. The minimum atomic E-state index is -0.0812. The topological polar surface area (TPSA) is 175 Å². The summed E-state index contributed by atoms with van der Waals surface area (Å²) in [6.07, 6.45) is 12.1. The largest absolute Gasteiger partial charge is 0.397 e. The van der Waals surface area contributed by atoms with Crippen LogP contribution in [0, 0.1) is 20.8 Å². The summed E-state index contributed by atoms with van der Waals surface area (Å²) in [6.45, 7) is 15.4. The molecule has 0 spiro atoms. The van der Waals surface area contributed by atoms with Crippen molar-refractivity contribution in [3.63, 3.8) is 0 Å². The Morgan fingerprint density at radius 3 is 1.73 bits per heavy atom. The molecule has 2 amide bonds. The maximum absolute atomic E-state index is 13.0. The van der Waals surface area contributed by atoms with Gasteiger partial charge >= 0.3 is 0 Å². The normalized spacial score (nSPS) is 12.8. The Bertz CT molecular complexity index is 3590. The number of aliphatic imine (C=N–C) groups is 1. The SMILES string of the molecule is C=C1C=C(NCCCCCCNC(=O)c2ccc(-c3ccc(C(=O)NCCCCCCNc4cc5c(cc4C)nc4c(N)c(C)ccc4[n+]5-c4ccccc4)cc3)cc2)C(C)=C/C1=N/c1c(Nc2ccccc2)ccc(C)c1N. The number of aryl methyl sites for hydroxylation is 3. The van der Waals surface area contributed by atoms with Gasteiger partial charge in [0.1, 0.15) is 11.2 Å². The van der Waals surface area contributed by atoms with Gasteiger partial charge in [0.15, 0.2) is 5.52 Å². The number of para-hydroxylation sites is 2. The molecule has 0 saturated carbocycles. The van der Waals surface area contributed by atoms with E-state index in [1.807, 2.05) is 111 Å². The van der Waals surface area contributed by atoms with Gasteiger partial charge in [-0.3, -0.25) is 9.59 Å². The zero-order valence-corrected chi connectivity index (χ0v) is 46.0. The van der Waals surface area contributed by atoms with Gasteiger partial charge in [0.2, 0.25) is 16.7 Å². The van der Waals surface area contributed by atoms with Crippen LogP contribution >= 0.6 is 0 Å². The van der Waals surface area contributed by atoms with Crippen LogP contribution in [-0.2, 0) is 0 Å². The van der Waals surface area contributed by atoms with E-state index in [0.29, 0.717) is 41.3 Å². The fraction of sp³-hybridized carbons (Fsp3) is 0.239. The molecule has 0 fully saturated rings. The molecule has 1 aliphatic carbocycles. The molecule has 1 aliphatic rings. The van der Waals surface area contributed by atoms with Gasteiger partial charge in [0.25, 0.3) is 11.8 Å². The third-order valence-electron chi connectivity index (χ3n) is 14.6. The average molecular weight is 1050 g/mol. The predicted octanol–water partition coefficient (Wildman–Crippen LogP) is 13.6. The maximum atomic E-state index is 13.0. The smallest absolute Gasteiger partial charge is 0.251 e. The molecule has 0 saturated heterocycles. The zero-order valence-electron chi connectivity index (χ0n) is 46.0. The summed E-state index contributed by atoms with van der Waals surface area (Å²) in [5.74, 6) is -0.159. The molecule has 12 heteroatoms. The maximum Gasteiger partial charge on any atom is 0.251 e. The van der Waals surface area contributed by atoms with Gasteiger partial charge in [-0.15, -0.1) is 4.57 Å². The number of anilines is 5. The van der Waals surface area contributed by atoms with Crippen LogP contribution in [0.1, 0.15) is 95.7 Å². The second kappa shape index (κ2) is 25.9. The zero-order chi connectivity index (χ0) is 55.3. The van der Waals surface area contributed by atoms with Gasteiger partial charge < -0.3 is 38.1 Å². The molecule has 9 rings (SSSR count). The van der Waals surface area contributed by atoms with E-state index in [4.69, 9.17) is 21.4 Å². The van der Waals surface area contributed by atoms with Crippen LogP contribution in [0.5, 0.6) is 0 Å². The highest BCUT2D eigenvalue weighted by Crippen LogP contribution is 2.37. The molecule has 12 nitrogen and oxygen atoms in total. The first-order valence-electron chi connectivity index (χ1n) is 27.7. The number of nitrogens with one attached hydrogen (secondary N) is 5. The molecule has 0 bridgehead atoms. The summed E-state index contributed by atoms with van der Waals surface area (Å²) in [7, 11) is 0. The second-order valence-electron chi connectivity index (χ2n) is 20.5. The van der Waals surface area contributed by atoms with E-state index in [2.05, 4.69) is 112 Å². The molecule has 1 heterocycles. The number of nitrogens with two attached hydrogens (primary N) is 2. The molecule has 7 aromatic carbocycles. The number of aromatic nitrogens is 2. The van der Waals surface area contributed by atoms with Crippen LogP contribution in [0.3, 0.4) is 0 Å². The summed E-state index contributed by atoms with van der Waals surface area (Å²) in [4.78, 5) is 36.0. The van der Waals surface area contributed by atoms with Crippen molar-refractivity contribution in [2.45, 2.75) is 79.1 Å². The lowest BCUT2D eigenvalue weighted by molar-refractivity contribution is -0.538. The number of nitrogen functional groups attached to an aromatic ring is 2. The minimum Gasteiger partial charge on any atom is -0.397 e. The van der Waals surface area contributed by atoms with E-state index in [0.717, 1.165) is 160 Å². The average Bonchev–Trinajstić information content (AvgIpc) is 3.66. The van der Waals surface area contributed by atoms with Crippen LogP contribution in [0.15, 0.2) is 186 Å². The molecule has 0 radical (unpaired) electrons. The third-order valence-corrected chi connectivity index (χ3v) is 14.6. The number of benzene rings is 7. The van der Waals surface area contributed by atoms with Gasteiger partial charge in [-0.2, -0.15) is 0 Å². The Hall–Kier alpha value is -9.03. The fourth-order valence-electron chi connectivity index (χ4n) is 9.89. The first kappa shape index (κ1) is 54.7. The Morgan fingerprint density at radius 2 is 1.11 bits per heavy atom. The summed E-state index contributed by atoms with van der Waals surface area (Å²) in [5, 5.41) is 16.9. The van der Waals surface area contributed by atoms with Crippen LogP contribution < -0.4 is 42.6 Å². The van der Waals surface area contributed by atoms with Crippen molar-refractivity contribution < 1.29 is 14.2 Å². The Labute approximate surface area is 464 Å². The lowest BCUT2D eigenvalue weighted by Crippen LogP contribution is -2.33. The Morgan fingerprint density at radius 1 is 0.557 bits per heavy atom. The van der Waals surface area contributed by atoms with Crippen molar-refractivity contribution in [1.29, 1.82) is 0 Å². The van der Waals surface area contributed by atoms with Crippen molar-refractivity contribution >= 4 is 73.7 Å². The standard InChI is InChI=1S/C67H72N10O2/c1-44-24-34-55(74-53-20-12-10-13-21-53)64(62(44)68)75-58-41-46(3)56(40-48(58)5)70-36-16-6-8-18-38-72-66(78)51-30-26-49(27-31-51)50-28-32-52(33-29-50)67(79)73-39-19-9-7-17-37-71-57-43-61-59(42-47(57)4)76-65-60(35-25-45(2)63(65)69)77(61)54-22-14-11-15-23-54/h10-15,20-35,40-43,70,74H,5-9,16-19,36-39,68H2,1-4H3,(H4,69,71,72,73,78,79)/p+1/b75-58-. The van der Waals surface area contributed by atoms with Crippen molar-refractivity contribution in [2.24, 2.45) is 4.99 Å². The Kier molecular flexibility index (Phi) is 17.9. The Balaban J connectivity index is 0.646. The van der Waals surface area contributed by atoms with Crippen molar-refractivity contribution in [1.82, 2.24) is 20.9 Å². The molecule has 0 unspecified atom stereocenters. The summed E-state index contributed by atoms with van der Waals surface area (Å²) in [5.41, 5.74) is 32.9. The molecular formula is C67H73N10O2+. The van der Waals surface area contributed by atoms with E-state index in [9.17, 15) is 9.59 Å². The highest BCUT2D eigenvalue weighted by Gasteiger charge is 2.23. The van der Waals surface area contributed by atoms with Crippen molar-refractivity contribution in [2.75, 3.05) is 48.3 Å². The number of hydrogen-bond donors (Lipinski definition) is 7. The lowest BCUT2D eigenvalue weighted by Gasteiger charge is -2.19.